The number of piperidine rings is 1. The monoisotopic (exact) mass is 479 g/mol. The van der Waals surface area contributed by atoms with Crippen LogP contribution in [0.1, 0.15) is 36.3 Å². The molecule has 0 aromatic heterocycles. The number of imide groups is 1. The van der Waals surface area contributed by atoms with E-state index in [-0.39, 0.29) is 42.3 Å². The second kappa shape index (κ2) is 9.05. The number of nitrogens with one attached hydrogen (secondary N) is 2. The van der Waals surface area contributed by atoms with E-state index in [1.165, 1.54) is 12.1 Å². The van der Waals surface area contributed by atoms with E-state index in [1.54, 1.807) is 11.8 Å². The van der Waals surface area contributed by atoms with Crippen molar-refractivity contribution in [3.05, 3.63) is 57.9 Å². The highest BCUT2D eigenvalue weighted by molar-refractivity contribution is 6.31. The molecule has 2 aliphatic rings. The van der Waals surface area contributed by atoms with E-state index in [9.17, 15) is 27.6 Å². The summed E-state index contributed by atoms with van der Waals surface area (Å²) in [5.41, 5.74) is 0.512. The normalized spacial score (nSPS) is 18.7. The van der Waals surface area contributed by atoms with Crippen LogP contribution in [0.5, 0.6) is 0 Å². The fourth-order valence-corrected chi connectivity index (χ4v) is 4.33. The fourth-order valence-electron chi connectivity index (χ4n) is 4.17. The Morgan fingerprint density at radius 1 is 1.12 bits per heavy atom. The van der Waals surface area contributed by atoms with Gasteiger partial charge in [-0.2, -0.15) is 0 Å². The summed E-state index contributed by atoms with van der Waals surface area (Å²) in [5.74, 6) is -4.97. The van der Waals surface area contributed by atoms with Gasteiger partial charge < -0.3 is 10.2 Å². The summed E-state index contributed by atoms with van der Waals surface area (Å²) in [4.78, 5) is 37.2. The SMILES string of the molecule is Cc1cc(F)c(NC(=O)CC2CN(c3cc(F)c(C4CCC(=O)NC4=O)c(F)c3)C2)cc1Cl. The van der Waals surface area contributed by atoms with Crippen LogP contribution in [0.2, 0.25) is 5.02 Å². The van der Waals surface area contributed by atoms with Gasteiger partial charge in [0.05, 0.1) is 11.6 Å². The van der Waals surface area contributed by atoms with Gasteiger partial charge in [0.15, 0.2) is 0 Å². The zero-order chi connectivity index (χ0) is 23.9. The van der Waals surface area contributed by atoms with E-state index in [1.807, 2.05) is 0 Å². The lowest BCUT2D eigenvalue weighted by Gasteiger charge is -2.41. The molecule has 0 bridgehead atoms. The van der Waals surface area contributed by atoms with Crippen molar-refractivity contribution in [3.8, 4) is 0 Å². The van der Waals surface area contributed by atoms with E-state index in [2.05, 4.69) is 10.6 Å². The Morgan fingerprint density at radius 3 is 2.42 bits per heavy atom. The quantitative estimate of drug-likeness (QED) is 0.634. The van der Waals surface area contributed by atoms with Gasteiger partial charge in [-0.15, -0.1) is 0 Å². The molecule has 0 radical (unpaired) electrons. The molecule has 2 aliphatic heterocycles. The first-order valence-electron chi connectivity index (χ1n) is 10.5. The lowest BCUT2D eigenvalue weighted by Crippen LogP contribution is -2.48. The number of halogens is 4. The Bertz CT molecular complexity index is 1130. The first-order valence-corrected chi connectivity index (χ1v) is 10.8. The highest BCUT2D eigenvalue weighted by Gasteiger charge is 2.34. The maximum absolute atomic E-state index is 14.7. The maximum atomic E-state index is 14.7. The molecule has 1 unspecified atom stereocenters. The number of carbonyl (C=O) groups excluding carboxylic acids is 3. The van der Waals surface area contributed by atoms with Gasteiger partial charge in [0.25, 0.3) is 0 Å². The summed E-state index contributed by atoms with van der Waals surface area (Å²) < 4.78 is 43.4. The van der Waals surface area contributed by atoms with E-state index in [4.69, 9.17) is 11.6 Å². The molecule has 4 rings (SSSR count). The highest BCUT2D eigenvalue weighted by Crippen LogP contribution is 2.34. The molecule has 10 heteroatoms. The molecule has 2 N–H and O–H groups in total. The molecule has 2 saturated heterocycles. The molecule has 2 heterocycles. The number of amides is 3. The average Bonchev–Trinajstić information content (AvgIpc) is 2.69. The highest BCUT2D eigenvalue weighted by atomic mass is 35.5. The molecule has 1 atom stereocenters. The fraction of sp³-hybridized carbons (Fsp3) is 0.348. The lowest BCUT2D eigenvalue weighted by molar-refractivity contribution is -0.134. The summed E-state index contributed by atoms with van der Waals surface area (Å²) >= 11 is 5.98. The summed E-state index contributed by atoms with van der Waals surface area (Å²) in [6, 6.07) is 4.90. The molecule has 2 aromatic rings. The number of hydrogen-bond donors (Lipinski definition) is 2. The molecule has 0 aliphatic carbocycles. The molecule has 6 nitrogen and oxygen atoms in total. The van der Waals surface area contributed by atoms with Crippen molar-refractivity contribution in [2.45, 2.75) is 32.1 Å². The van der Waals surface area contributed by atoms with Crippen LogP contribution in [0, 0.1) is 30.3 Å². The third-order valence-corrected chi connectivity index (χ3v) is 6.38. The van der Waals surface area contributed by atoms with E-state index >= 15 is 0 Å². The van der Waals surface area contributed by atoms with Gasteiger partial charge in [-0.3, -0.25) is 19.7 Å². The number of benzene rings is 2. The molecule has 3 amide bonds. The van der Waals surface area contributed by atoms with Gasteiger partial charge in [0.1, 0.15) is 17.5 Å². The van der Waals surface area contributed by atoms with E-state index < -0.39 is 35.2 Å². The van der Waals surface area contributed by atoms with Gasteiger partial charge >= 0.3 is 0 Å². The van der Waals surface area contributed by atoms with Gasteiger partial charge in [0, 0.05) is 48.1 Å². The first-order chi connectivity index (χ1) is 15.6. The van der Waals surface area contributed by atoms with Crippen molar-refractivity contribution in [1.82, 2.24) is 5.32 Å². The van der Waals surface area contributed by atoms with Crippen LogP contribution in [0.3, 0.4) is 0 Å². The van der Waals surface area contributed by atoms with Crippen LogP contribution in [0.25, 0.3) is 0 Å². The smallest absolute Gasteiger partial charge is 0.234 e. The number of rotatable bonds is 5. The standard InChI is InChI=1S/C23H21ClF3N3O3/c1-11-4-16(25)19(8-15(11)24)28-21(32)5-12-9-30(10-12)13-6-17(26)22(18(27)7-13)14-2-3-20(31)29-23(14)33/h4,6-8,12,14H,2-3,5,9-10H2,1H3,(H,28,32)(H,29,31,33). The number of anilines is 2. The average molecular weight is 480 g/mol. The summed E-state index contributed by atoms with van der Waals surface area (Å²) in [6.07, 6.45) is 0.178. The van der Waals surface area contributed by atoms with Crippen LogP contribution in [0.4, 0.5) is 24.5 Å². The topological polar surface area (TPSA) is 78.5 Å². The summed E-state index contributed by atoms with van der Waals surface area (Å²) in [6.45, 7) is 2.44. The minimum absolute atomic E-state index is 0.0000369. The van der Waals surface area contributed by atoms with E-state index in [0.29, 0.717) is 29.4 Å². The molecule has 33 heavy (non-hydrogen) atoms. The second-order valence-electron chi connectivity index (χ2n) is 8.43. The van der Waals surface area contributed by atoms with Crippen molar-refractivity contribution < 1.29 is 27.6 Å². The number of carbonyl (C=O) groups is 3. The number of aryl methyl sites for hydroxylation is 1. The van der Waals surface area contributed by atoms with Gasteiger partial charge in [-0.25, -0.2) is 13.2 Å². The molecular weight excluding hydrogens is 459 g/mol. The van der Waals surface area contributed by atoms with Gasteiger partial charge in [-0.05, 0) is 43.2 Å². The summed E-state index contributed by atoms with van der Waals surface area (Å²) in [7, 11) is 0. The Labute approximate surface area is 193 Å². The van der Waals surface area contributed by atoms with Crippen LogP contribution in [0.15, 0.2) is 24.3 Å². The third kappa shape index (κ3) is 4.83. The molecule has 0 saturated carbocycles. The Balaban J connectivity index is 1.36. The zero-order valence-electron chi connectivity index (χ0n) is 17.7. The van der Waals surface area contributed by atoms with Crippen molar-refractivity contribution in [3.63, 3.8) is 0 Å². The Kier molecular flexibility index (Phi) is 6.34. The lowest BCUT2D eigenvalue weighted by atomic mass is 9.89. The Morgan fingerprint density at radius 2 is 1.79 bits per heavy atom. The summed E-state index contributed by atoms with van der Waals surface area (Å²) in [5, 5.41) is 4.94. The van der Waals surface area contributed by atoms with Crippen LogP contribution >= 0.6 is 11.6 Å². The predicted octanol–water partition coefficient (Wildman–Crippen LogP) is 4.05. The minimum Gasteiger partial charge on any atom is -0.371 e. The van der Waals surface area contributed by atoms with Gasteiger partial charge in [-0.1, -0.05) is 11.6 Å². The molecule has 2 aromatic carbocycles. The predicted molar refractivity (Wildman–Crippen MR) is 117 cm³/mol. The first kappa shape index (κ1) is 23.1. The molecule has 0 spiro atoms. The van der Waals surface area contributed by atoms with Crippen LogP contribution in [-0.4, -0.2) is 30.8 Å². The zero-order valence-corrected chi connectivity index (χ0v) is 18.4. The number of hydrogen-bond acceptors (Lipinski definition) is 4. The minimum atomic E-state index is -1.06. The molecule has 174 valence electrons. The van der Waals surface area contributed by atoms with Gasteiger partial charge in [0.2, 0.25) is 17.7 Å². The van der Waals surface area contributed by atoms with Crippen molar-refractivity contribution >= 4 is 40.7 Å². The maximum Gasteiger partial charge on any atom is 0.234 e. The number of nitrogens with zero attached hydrogens (tertiary/aromatic N) is 1. The Hall–Kier alpha value is -3.07. The van der Waals surface area contributed by atoms with Crippen molar-refractivity contribution in [2.75, 3.05) is 23.3 Å². The van der Waals surface area contributed by atoms with Crippen molar-refractivity contribution in [1.29, 1.82) is 0 Å². The van der Waals surface area contributed by atoms with Crippen molar-refractivity contribution in [2.24, 2.45) is 5.92 Å². The second-order valence-corrected chi connectivity index (χ2v) is 8.84. The largest absolute Gasteiger partial charge is 0.371 e. The van der Waals surface area contributed by atoms with Crippen LogP contribution < -0.4 is 15.5 Å². The molecule has 2 fully saturated rings. The molecular formula is C23H21ClF3N3O3. The van der Waals surface area contributed by atoms with Crippen LogP contribution in [-0.2, 0) is 14.4 Å². The van der Waals surface area contributed by atoms with E-state index in [0.717, 1.165) is 12.1 Å². The third-order valence-electron chi connectivity index (χ3n) is 5.97.